The van der Waals surface area contributed by atoms with Gasteiger partial charge in [0.05, 0.1) is 19.0 Å². The van der Waals surface area contributed by atoms with Gasteiger partial charge in [-0.15, -0.1) is 5.10 Å². The van der Waals surface area contributed by atoms with Crippen LogP contribution < -0.4 is 15.4 Å². The zero-order valence-electron chi connectivity index (χ0n) is 14.8. The van der Waals surface area contributed by atoms with E-state index in [1.54, 1.807) is 24.3 Å². The second-order valence-corrected chi connectivity index (χ2v) is 6.84. The smallest absolute Gasteiger partial charge is 0.240 e. The Balaban J connectivity index is 1.56. The Bertz CT molecular complexity index is 906. The molecule has 8 nitrogen and oxygen atoms in total. The molecule has 0 saturated carbocycles. The number of rotatable bonds is 6. The molecule has 2 heterocycles. The first-order chi connectivity index (χ1) is 13.0. The summed E-state index contributed by atoms with van der Waals surface area (Å²) in [6, 6.07) is 10.7. The Hall–Kier alpha value is -3.07. The van der Waals surface area contributed by atoms with Crippen LogP contribution in [0.4, 0.5) is 5.69 Å². The highest BCUT2D eigenvalue weighted by Crippen LogP contribution is 2.26. The van der Waals surface area contributed by atoms with Crippen LogP contribution in [0.1, 0.15) is 17.9 Å². The predicted octanol–water partition coefficient (Wildman–Crippen LogP) is 2.55. The standard InChI is InChI=1S/C18H18N4O4S/c1-11-7-8-12(26-11)10-19-22-18-21-17(24)15(27-18)9-16(23)20-13-5-3-4-6-14(13)25-2/h3-8,10,15H,9H2,1-2H3,(H,20,23)(H,21,22,24)/t15-/m1/s1. The number of amides is 2. The van der Waals surface area contributed by atoms with E-state index in [2.05, 4.69) is 20.8 Å². The SMILES string of the molecule is COc1ccccc1NC(=O)C[C@H]1SC(=NN=Cc2ccc(C)o2)NC1=O. The van der Waals surface area contributed by atoms with Gasteiger partial charge >= 0.3 is 0 Å². The molecule has 1 aliphatic heterocycles. The van der Waals surface area contributed by atoms with Crippen molar-refractivity contribution in [2.45, 2.75) is 18.6 Å². The van der Waals surface area contributed by atoms with Gasteiger partial charge in [-0.1, -0.05) is 23.9 Å². The van der Waals surface area contributed by atoms with Crippen molar-refractivity contribution in [1.82, 2.24) is 5.32 Å². The molecule has 0 bridgehead atoms. The number of furan rings is 1. The van der Waals surface area contributed by atoms with Crippen LogP contribution in [0, 0.1) is 6.92 Å². The number of nitrogens with zero attached hydrogens (tertiary/aromatic N) is 2. The summed E-state index contributed by atoms with van der Waals surface area (Å²) in [4.78, 5) is 24.3. The molecule has 1 aromatic heterocycles. The maximum atomic E-state index is 12.2. The second kappa shape index (κ2) is 8.54. The fourth-order valence-electron chi connectivity index (χ4n) is 2.37. The zero-order chi connectivity index (χ0) is 19.2. The highest BCUT2D eigenvalue weighted by molar-refractivity contribution is 8.15. The molecule has 0 radical (unpaired) electrons. The summed E-state index contributed by atoms with van der Waals surface area (Å²) in [6.07, 6.45) is 1.46. The number of hydrogen-bond acceptors (Lipinski definition) is 7. The van der Waals surface area contributed by atoms with Crippen LogP contribution in [0.25, 0.3) is 0 Å². The number of carbonyl (C=O) groups excluding carboxylic acids is 2. The van der Waals surface area contributed by atoms with E-state index < -0.39 is 5.25 Å². The molecule has 0 spiro atoms. The number of aryl methyl sites for hydroxylation is 1. The van der Waals surface area contributed by atoms with Gasteiger partial charge in [-0.3, -0.25) is 9.59 Å². The van der Waals surface area contributed by atoms with Crippen molar-refractivity contribution in [3.05, 3.63) is 47.9 Å². The summed E-state index contributed by atoms with van der Waals surface area (Å²) in [5, 5.41) is 13.0. The Morgan fingerprint density at radius 2 is 2.19 bits per heavy atom. The predicted molar refractivity (Wildman–Crippen MR) is 104 cm³/mol. The molecule has 9 heteroatoms. The first-order valence-electron chi connectivity index (χ1n) is 8.13. The average molecular weight is 386 g/mol. The summed E-state index contributed by atoms with van der Waals surface area (Å²) in [5.41, 5.74) is 0.556. The highest BCUT2D eigenvalue weighted by atomic mass is 32.2. The third-order valence-corrected chi connectivity index (χ3v) is 4.70. The second-order valence-electron chi connectivity index (χ2n) is 5.65. The van der Waals surface area contributed by atoms with Crippen molar-refractivity contribution >= 4 is 40.6 Å². The number of benzene rings is 1. The van der Waals surface area contributed by atoms with Gasteiger partial charge in [-0.2, -0.15) is 5.10 Å². The van der Waals surface area contributed by atoms with Crippen LogP contribution >= 0.6 is 11.8 Å². The summed E-state index contributed by atoms with van der Waals surface area (Å²) < 4.78 is 10.5. The molecule has 140 valence electrons. The van der Waals surface area contributed by atoms with Gasteiger partial charge in [0.1, 0.15) is 22.5 Å². The minimum absolute atomic E-state index is 0.00859. The molecular formula is C18H18N4O4S. The Labute approximate surface area is 160 Å². The van der Waals surface area contributed by atoms with E-state index in [-0.39, 0.29) is 18.2 Å². The molecule has 3 rings (SSSR count). The fraction of sp³-hybridized carbons (Fsp3) is 0.222. The molecule has 0 aliphatic carbocycles. The minimum atomic E-state index is -0.570. The lowest BCUT2D eigenvalue weighted by Gasteiger charge is -2.10. The third-order valence-electron chi connectivity index (χ3n) is 3.62. The first kappa shape index (κ1) is 18.7. The topological polar surface area (TPSA) is 105 Å². The molecule has 1 aromatic carbocycles. The van der Waals surface area contributed by atoms with Gasteiger partial charge in [0, 0.05) is 6.42 Å². The molecule has 0 unspecified atom stereocenters. The van der Waals surface area contributed by atoms with Gasteiger partial charge < -0.3 is 19.8 Å². The van der Waals surface area contributed by atoms with Crippen LogP contribution in [0.3, 0.4) is 0 Å². The number of amidine groups is 1. The molecule has 2 amide bonds. The lowest BCUT2D eigenvalue weighted by atomic mass is 10.2. The van der Waals surface area contributed by atoms with Gasteiger partial charge in [0.15, 0.2) is 5.17 Å². The summed E-state index contributed by atoms with van der Waals surface area (Å²) in [6.45, 7) is 1.83. The lowest BCUT2D eigenvalue weighted by Crippen LogP contribution is -2.28. The van der Waals surface area contributed by atoms with E-state index in [9.17, 15) is 9.59 Å². The van der Waals surface area contributed by atoms with E-state index in [0.29, 0.717) is 22.4 Å². The van der Waals surface area contributed by atoms with Crippen LogP contribution in [-0.2, 0) is 9.59 Å². The quantitative estimate of drug-likeness (QED) is 0.586. The molecular weight excluding hydrogens is 368 g/mol. The molecule has 2 N–H and O–H groups in total. The van der Waals surface area contributed by atoms with Gasteiger partial charge in [-0.05, 0) is 31.2 Å². The number of thioether (sulfide) groups is 1. The zero-order valence-corrected chi connectivity index (χ0v) is 15.6. The number of ether oxygens (including phenoxy) is 1. The summed E-state index contributed by atoms with van der Waals surface area (Å²) in [5.74, 6) is 1.33. The number of para-hydroxylation sites is 2. The van der Waals surface area contributed by atoms with E-state index >= 15 is 0 Å². The number of anilines is 1. The minimum Gasteiger partial charge on any atom is -0.495 e. The normalized spacial score (nSPS) is 18.1. The van der Waals surface area contributed by atoms with Gasteiger partial charge in [0.2, 0.25) is 11.8 Å². The lowest BCUT2D eigenvalue weighted by molar-refractivity contribution is -0.122. The van der Waals surface area contributed by atoms with Crippen molar-refractivity contribution < 1.29 is 18.7 Å². The van der Waals surface area contributed by atoms with Crippen LogP contribution in [0.5, 0.6) is 5.75 Å². The van der Waals surface area contributed by atoms with E-state index in [0.717, 1.165) is 17.5 Å². The Kier molecular flexibility index (Phi) is 5.92. The third kappa shape index (κ3) is 4.98. The van der Waals surface area contributed by atoms with Crippen LogP contribution in [-0.4, -0.2) is 35.6 Å². The van der Waals surface area contributed by atoms with Gasteiger partial charge in [-0.25, -0.2) is 0 Å². The van der Waals surface area contributed by atoms with Crippen LogP contribution in [0.2, 0.25) is 0 Å². The number of nitrogens with one attached hydrogen (secondary N) is 2. The summed E-state index contributed by atoms with van der Waals surface area (Å²) in [7, 11) is 1.53. The highest BCUT2D eigenvalue weighted by Gasteiger charge is 2.32. The van der Waals surface area contributed by atoms with E-state index in [1.165, 1.54) is 13.3 Å². The molecule has 2 aromatic rings. The van der Waals surface area contributed by atoms with Crippen molar-refractivity contribution in [1.29, 1.82) is 0 Å². The van der Waals surface area contributed by atoms with E-state index in [4.69, 9.17) is 9.15 Å². The van der Waals surface area contributed by atoms with Crippen LogP contribution in [0.15, 0.2) is 51.0 Å². The van der Waals surface area contributed by atoms with Crippen molar-refractivity contribution in [2.24, 2.45) is 10.2 Å². The first-order valence-corrected chi connectivity index (χ1v) is 9.01. The maximum absolute atomic E-state index is 12.2. The van der Waals surface area contributed by atoms with Crippen molar-refractivity contribution in [3.8, 4) is 5.75 Å². The average Bonchev–Trinajstić information content (AvgIpc) is 3.21. The van der Waals surface area contributed by atoms with Gasteiger partial charge in [0.25, 0.3) is 0 Å². The number of methoxy groups -OCH3 is 1. The van der Waals surface area contributed by atoms with E-state index in [1.807, 2.05) is 19.1 Å². The molecule has 1 fully saturated rings. The summed E-state index contributed by atoms with van der Waals surface area (Å²) >= 11 is 1.16. The van der Waals surface area contributed by atoms with Crippen molar-refractivity contribution in [3.63, 3.8) is 0 Å². The Morgan fingerprint density at radius 3 is 2.93 bits per heavy atom. The molecule has 27 heavy (non-hydrogen) atoms. The number of hydrogen-bond donors (Lipinski definition) is 2. The maximum Gasteiger partial charge on any atom is 0.240 e. The largest absolute Gasteiger partial charge is 0.495 e. The monoisotopic (exact) mass is 386 g/mol. The molecule has 1 atom stereocenters. The molecule has 1 saturated heterocycles. The molecule has 1 aliphatic rings. The fourth-order valence-corrected chi connectivity index (χ4v) is 3.29. The number of carbonyl (C=O) groups is 2. The Morgan fingerprint density at radius 1 is 1.37 bits per heavy atom. The van der Waals surface area contributed by atoms with Crippen molar-refractivity contribution in [2.75, 3.05) is 12.4 Å².